The van der Waals surface area contributed by atoms with Crippen LogP contribution in [-0.2, 0) is 4.79 Å². The number of anilines is 2. The molecule has 0 atom stereocenters. The molecule has 3 amide bonds. The van der Waals surface area contributed by atoms with Crippen molar-refractivity contribution in [3.63, 3.8) is 0 Å². The Morgan fingerprint density at radius 2 is 1.72 bits per heavy atom. The lowest BCUT2D eigenvalue weighted by Crippen LogP contribution is -2.51. The minimum Gasteiger partial charge on any atom is -0.337 e. The van der Waals surface area contributed by atoms with Gasteiger partial charge in [0.15, 0.2) is 0 Å². The van der Waals surface area contributed by atoms with Crippen LogP contribution >= 0.6 is 0 Å². The van der Waals surface area contributed by atoms with Crippen LogP contribution in [0.15, 0.2) is 48.5 Å². The van der Waals surface area contributed by atoms with E-state index in [2.05, 4.69) is 31.1 Å². The fourth-order valence-corrected chi connectivity index (χ4v) is 3.63. The van der Waals surface area contributed by atoms with Crippen molar-refractivity contribution in [2.24, 2.45) is 0 Å². The van der Waals surface area contributed by atoms with Gasteiger partial charge in [0.05, 0.1) is 12.2 Å². The minimum absolute atomic E-state index is 0.150. The molecule has 10 heteroatoms. The van der Waals surface area contributed by atoms with Crippen molar-refractivity contribution in [2.75, 3.05) is 42.9 Å². The van der Waals surface area contributed by atoms with E-state index in [0.717, 1.165) is 16.8 Å². The van der Waals surface area contributed by atoms with Crippen LogP contribution in [0.1, 0.15) is 11.1 Å². The summed E-state index contributed by atoms with van der Waals surface area (Å²) in [5, 5.41) is 17.2. The van der Waals surface area contributed by atoms with Gasteiger partial charge in [-0.05, 0) is 53.6 Å². The summed E-state index contributed by atoms with van der Waals surface area (Å²) in [5.41, 5.74) is 3.64. The number of tetrazole rings is 1. The maximum absolute atomic E-state index is 12.3. The minimum atomic E-state index is -0.524. The van der Waals surface area contributed by atoms with Gasteiger partial charge in [0.2, 0.25) is 11.9 Å². The number of piperazine rings is 1. The maximum Gasteiger partial charge on any atom is 0.325 e. The van der Waals surface area contributed by atoms with E-state index in [4.69, 9.17) is 0 Å². The highest BCUT2D eigenvalue weighted by molar-refractivity contribution is 6.02. The Bertz CT molecular complexity index is 1090. The molecular formula is C22H26N8O2. The number of hydrogen-bond acceptors (Lipinski definition) is 7. The van der Waals surface area contributed by atoms with Crippen LogP contribution < -0.4 is 15.5 Å². The quantitative estimate of drug-likeness (QED) is 0.630. The second-order valence-corrected chi connectivity index (χ2v) is 7.74. The Hall–Kier alpha value is -3.79. The highest BCUT2D eigenvalue weighted by atomic mass is 16.2. The van der Waals surface area contributed by atoms with E-state index in [-0.39, 0.29) is 12.5 Å². The molecule has 1 saturated heterocycles. The zero-order valence-corrected chi connectivity index (χ0v) is 18.2. The van der Waals surface area contributed by atoms with Crippen LogP contribution in [0.25, 0.3) is 5.69 Å². The van der Waals surface area contributed by atoms with E-state index < -0.39 is 6.03 Å². The topological polar surface area (TPSA) is 108 Å². The molecule has 0 saturated carbocycles. The van der Waals surface area contributed by atoms with Crippen LogP contribution in [-0.4, -0.2) is 69.8 Å². The Kier molecular flexibility index (Phi) is 6.41. The SMILES string of the molecule is Cc1cccc(NC(=O)NC(=O)CN2CCN(c3nnnn3-c3ccccc3)CC2)c1C. The molecular weight excluding hydrogens is 408 g/mol. The van der Waals surface area contributed by atoms with Crippen LogP contribution in [0.2, 0.25) is 0 Å². The highest BCUT2D eigenvalue weighted by Crippen LogP contribution is 2.18. The lowest BCUT2D eigenvalue weighted by molar-refractivity contribution is -0.121. The van der Waals surface area contributed by atoms with Crippen LogP contribution in [0.4, 0.5) is 16.4 Å². The van der Waals surface area contributed by atoms with E-state index in [0.29, 0.717) is 37.8 Å². The third-order valence-corrected chi connectivity index (χ3v) is 5.58. The summed E-state index contributed by atoms with van der Waals surface area (Å²) in [7, 11) is 0. The van der Waals surface area contributed by atoms with Gasteiger partial charge in [0.1, 0.15) is 0 Å². The van der Waals surface area contributed by atoms with Gasteiger partial charge in [-0.3, -0.25) is 15.0 Å². The van der Waals surface area contributed by atoms with Crippen molar-refractivity contribution in [1.29, 1.82) is 0 Å². The van der Waals surface area contributed by atoms with Crippen molar-refractivity contribution in [1.82, 2.24) is 30.4 Å². The van der Waals surface area contributed by atoms with Crippen molar-refractivity contribution >= 4 is 23.6 Å². The summed E-state index contributed by atoms with van der Waals surface area (Å²) < 4.78 is 1.71. The van der Waals surface area contributed by atoms with Gasteiger partial charge in [-0.1, -0.05) is 35.4 Å². The first kappa shape index (κ1) is 21.4. The van der Waals surface area contributed by atoms with Crippen molar-refractivity contribution in [2.45, 2.75) is 13.8 Å². The molecule has 0 unspecified atom stereocenters. The first-order valence-corrected chi connectivity index (χ1v) is 10.5. The average molecular weight is 435 g/mol. The second-order valence-electron chi connectivity index (χ2n) is 7.74. The number of aryl methyl sites for hydroxylation is 1. The monoisotopic (exact) mass is 434 g/mol. The van der Waals surface area contributed by atoms with E-state index in [1.165, 1.54) is 0 Å². The van der Waals surface area contributed by atoms with E-state index in [1.807, 2.05) is 67.3 Å². The number of imide groups is 1. The molecule has 4 rings (SSSR count). The van der Waals surface area contributed by atoms with Crippen LogP contribution in [0.3, 0.4) is 0 Å². The fourth-order valence-electron chi connectivity index (χ4n) is 3.63. The second kappa shape index (κ2) is 9.56. The number of amides is 3. The molecule has 1 fully saturated rings. The normalized spacial score (nSPS) is 14.2. The third kappa shape index (κ3) is 4.92. The smallest absolute Gasteiger partial charge is 0.325 e. The molecule has 10 nitrogen and oxygen atoms in total. The predicted octanol–water partition coefficient (Wildman–Crippen LogP) is 1.75. The molecule has 0 radical (unpaired) electrons. The Labute approximate surface area is 186 Å². The summed E-state index contributed by atoms with van der Waals surface area (Å²) in [6, 6.07) is 14.8. The Morgan fingerprint density at radius 3 is 2.47 bits per heavy atom. The summed E-state index contributed by atoms with van der Waals surface area (Å²) in [6.45, 7) is 6.73. The Balaban J connectivity index is 1.27. The fraction of sp³-hybridized carbons (Fsp3) is 0.318. The number of carbonyl (C=O) groups excluding carboxylic acids is 2. The molecule has 32 heavy (non-hydrogen) atoms. The molecule has 0 aliphatic carbocycles. The maximum atomic E-state index is 12.3. The molecule has 2 aromatic carbocycles. The number of nitrogens with one attached hydrogen (secondary N) is 2. The van der Waals surface area contributed by atoms with Gasteiger partial charge in [0.25, 0.3) is 0 Å². The standard InChI is InChI=1S/C22H26N8O2/c1-16-7-6-10-19(17(16)2)23-21(32)24-20(31)15-28-11-13-29(14-12-28)22-25-26-27-30(22)18-8-4-3-5-9-18/h3-10H,11-15H2,1-2H3,(H2,23,24,31,32). The van der Waals surface area contributed by atoms with Crippen molar-refractivity contribution < 1.29 is 9.59 Å². The molecule has 2 N–H and O–H groups in total. The van der Waals surface area contributed by atoms with Gasteiger partial charge >= 0.3 is 6.03 Å². The number of carbonyl (C=O) groups is 2. The van der Waals surface area contributed by atoms with E-state index >= 15 is 0 Å². The number of nitrogens with zero attached hydrogens (tertiary/aromatic N) is 6. The predicted molar refractivity (Wildman–Crippen MR) is 121 cm³/mol. The molecule has 1 aromatic heterocycles. The summed E-state index contributed by atoms with van der Waals surface area (Å²) in [4.78, 5) is 28.7. The molecule has 0 bridgehead atoms. The molecule has 1 aliphatic rings. The molecule has 2 heterocycles. The number of para-hydroxylation sites is 1. The lowest BCUT2D eigenvalue weighted by atomic mass is 10.1. The van der Waals surface area contributed by atoms with Gasteiger partial charge in [-0.15, -0.1) is 0 Å². The van der Waals surface area contributed by atoms with E-state index in [9.17, 15) is 9.59 Å². The van der Waals surface area contributed by atoms with E-state index in [1.54, 1.807) is 4.68 Å². The van der Waals surface area contributed by atoms with Gasteiger partial charge in [0, 0.05) is 31.9 Å². The highest BCUT2D eigenvalue weighted by Gasteiger charge is 2.24. The Morgan fingerprint density at radius 1 is 0.969 bits per heavy atom. The third-order valence-electron chi connectivity index (χ3n) is 5.58. The number of rotatable bonds is 5. The summed E-state index contributed by atoms with van der Waals surface area (Å²) in [5.74, 6) is 0.337. The van der Waals surface area contributed by atoms with Gasteiger partial charge < -0.3 is 10.2 Å². The summed E-state index contributed by atoms with van der Waals surface area (Å²) >= 11 is 0. The zero-order chi connectivity index (χ0) is 22.5. The van der Waals surface area contributed by atoms with Crippen LogP contribution in [0.5, 0.6) is 0 Å². The first-order chi connectivity index (χ1) is 15.5. The average Bonchev–Trinajstić information content (AvgIpc) is 3.28. The lowest BCUT2D eigenvalue weighted by Gasteiger charge is -2.34. The number of hydrogen-bond donors (Lipinski definition) is 2. The largest absolute Gasteiger partial charge is 0.337 e. The molecule has 166 valence electrons. The summed E-state index contributed by atoms with van der Waals surface area (Å²) in [6.07, 6.45) is 0. The van der Waals surface area contributed by atoms with Crippen molar-refractivity contribution in [3.8, 4) is 5.69 Å². The molecule has 1 aliphatic heterocycles. The number of benzene rings is 2. The number of aromatic nitrogens is 4. The molecule has 0 spiro atoms. The molecule has 3 aromatic rings. The van der Waals surface area contributed by atoms with Crippen molar-refractivity contribution in [3.05, 3.63) is 59.7 Å². The van der Waals surface area contributed by atoms with Gasteiger partial charge in [-0.25, -0.2) is 4.79 Å². The number of urea groups is 1. The van der Waals surface area contributed by atoms with Gasteiger partial charge in [-0.2, -0.15) is 4.68 Å². The van der Waals surface area contributed by atoms with Crippen LogP contribution in [0, 0.1) is 13.8 Å². The zero-order valence-electron chi connectivity index (χ0n) is 18.2. The first-order valence-electron chi connectivity index (χ1n) is 10.5.